The molecule has 2 N–H and O–H groups in total. The third kappa shape index (κ3) is 4.06. The highest BCUT2D eigenvalue weighted by Gasteiger charge is 2.20. The highest BCUT2D eigenvalue weighted by molar-refractivity contribution is 7.89. The zero-order valence-electron chi connectivity index (χ0n) is 12.1. The lowest BCUT2D eigenvalue weighted by molar-refractivity contribution is 0.0686. The van der Waals surface area contributed by atoms with Crippen LogP contribution < -0.4 is 4.72 Å². The van der Waals surface area contributed by atoms with Gasteiger partial charge in [0.1, 0.15) is 10.6 Å². The molecule has 0 atom stereocenters. The number of carboxylic acid groups (broad SMARTS) is 1. The lowest BCUT2D eigenvalue weighted by Gasteiger charge is -2.20. The molecule has 114 valence electrons. The van der Waals surface area contributed by atoms with Gasteiger partial charge in [0.25, 0.3) is 0 Å². The van der Waals surface area contributed by atoms with Crippen LogP contribution in [0.4, 0.5) is 0 Å². The third-order valence-corrected chi connectivity index (χ3v) is 4.58. The first-order valence-electron chi connectivity index (χ1n) is 6.24. The van der Waals surface area contributed by atoms with Gasteiger partial charge in [0, 0.05) is 32.4 Å². The van der Waals surface area contributed by atoms with Gasteiger partial charge in [0.2, 0.25) is 10.0 Å². The molecule has 7 nitrogen and oxygen atoms in total. The van der Waals surface area contributed by atoms with Crippen molar-refractivity contribution >= 4 is 16.0 Å². The number of hydrogen-bond acceptors (Lipinski definition) is 4. The fourth-order valence-electron chi connectivity index (χ4n) is 1.59. The minimum Gasteiger partial charge on any atom is -0.477 e. The van der Waals surface area contributed by atoms with Gasteiger partial charge in [-0.1, -0.05) is 0 Å². The summed E-state index contributed by atoms with van der Waals surface area (Å²) in [7, 11) is -0.276. The monoisotopic (exact) mass is 303 g/mol. The van der Waals surface area contributed by atoms with Gasteiger partial charge in [-0.2, -0.15) is 0 Å². The zero-order valence-corrected chi connectivity index (χ0v) is 12.9. The van der Waals surface area contributed by atoms with E-state index in [9.17, 15) is 13.2 Å². The Bertz CT molecular complexity index is 578. The van der Waals surface area contributed by atoms with Gasteiger partial charge >= 0.3 is 5.97 Å². The fraction of sp³-hybridized carbons (Fsp3) is 0.583. The molecular formula is C12H21N3O4S. The largest absolute Gasteiger partial charge is 0.477 e. The van der Waals surface area contributed by atoms with E-state index in [0.29, 0.717) is 12.6 Å². The van der Waals surface area contributed by atoms with Crippen LogP contribution in [0.1, 0.15) is 24.3 Å². The van der Waals surface area contributed by atoms with Crippen LogP contribution in [0.15, 0.2) is 17.2 Å². The molecule has 0 spiro atoms. The molecule has 8 heteroatoms. The molecule has 0 aliphatic heterocycles. The summed E-state index contributed by atoms with van der Waals surface area (Å²) in [5, 5.41) is 8.91. The van der Waals surface area contributed by atoms with E-state index in [-0.39, 0.29) is 17.1 Å². The summed E-state index contributed by atoms with van der Waals surface area (Å²) in [5.41, 5.74) is -0.0651. The average molecular weight is 303 g/mol. The smallest absolute Gasteiger partial charge is 0.352 e. The molecule has 0 unspecified atom stereocenters. The Balaban J connectivity index is 2.75. The number of carbonyl (C=O) groups is 1. The zero-order chi connectivity index (χ0) is 15.5. The van der Waals surface area contributed by atoms with E-state index in [1.54, 1.807) is 0 Å². The Kier molecular flexibility index (Phi) is 5.32. The molecule has 1 aromatic rings. The van der Waals surface area contributed by atoms with E-state index in [1.165, 1.54) is 17.8 Å². The summed E-state index contributed by atoms with van der Waals surface area (Å²) in [5.74, 6) is -1.16. The van der Waals surface area contributed by atoms with Gasteiger partial charge in [-0.25, -0.2) is 17.9 Å². The molecule has 0 saturated heterocycles. The van der Waals surface area contributed by atoms with Crippen molar-refractivity contribution in [2.24, 2.45) is 7.05 Å². The molecule has 0 bridgehead atoms. The van der Waals surface area contributed by atoms with E-state index in [4.69, 9.17) is 5.11 Å². The number of nitrogens with one attached hydrogen (secondary N) is 1. The van der Waals surface area contributed by atoms with Crippen LogP contribution in [0.5, 0.6) is 0 Å². The standard InChI is InChI=1S/C12H21N3O4S/c1-9(2)14(3)6-5-13-20(18,19)10-7-11(12(16)17)15(4)8-10/h7-9,13H,5-6H2,1-4H3,(H,16,17). The van der Waals surface area contributed by atoms with Crippen molar-refractivity contribution in [3.63, 3.8) is 0 Å². The predicted octanol–water partition coefficient (Wildman–Crippen LogP) is 0.342. The second kappa shape index (κ2) is 6.38. The van der Waals surface area contributed by atoms with Gasteiger partial charge in [-0.05, 0) is 27.0 Å². The molecule has 1 heterocycles. The predicted molar refractivity (Wildman–Crippen MR) is 75.3 cm³/mol. The van der Waals surface area contributed by atoms with Crippen molar-refractivity contribution in [3.05, 3.63) is 18.0 Å². The highest BCUT2D eigenvalue weighted by atomic mass is 32.2. The lowest BCUT2D eigenvalue weighted by atomic mass is 10.3. The summed E-state index contributed by atoms with van der Waals surface area (Å²) >= 11 is 0. The second-order valence-electron chi connectivity index (χ2n) is 4.95. The SMILES string of the molecule is CC(C)N(C)CCNS(=O)(=O)c1cc(C(=O)O)n(C)c1. The fourth-order valence-corrected chi connectivity index (χ4v) is 2.68. The Labute approximate surface area is 119 Å². The topological polar surface area (TPSA) is 91.6 Å². The van der Waals surface area contributed by atoms with Crippen LogP contribution in [0, 0.1) is 0 Å². The average Bonchev–Trinajstić information content (AvgIpc) is 2.71. The molecular weight excluding hydrogens is 282 g/mol. The summed E-state index contributed by atoms with van der Waals surface area (Å²) < 4.78 is 27.8. The number of nitrogens with zero attached hydrogens (tertiary/aromatic N) is 2. The first-order chi connectivity index (χ1) is 9.15. The Morgan fingerprint density at radius 3 is 2.55 bits per heavy atom. The molecule has 0 saturated carbocycles. The van der Waals surface area contributed by atoms with Crippen LogP contribution in [-0.2, 0) is 17.1 Å². The Hall–Kier alpha value is -1.38. The minimum atomic E-state index is -3.68. The van der Waals surface area contributed by atoms with E-state index in [1.807, 2.05) is 25.8 Å². The molecule has 1 aromatic heterocycles. The van der Waals surface area contributed by atoms with E-state index >= 15 is 0 Å². The maximum atomic E-state index is 12.0. The maximum Gasteiger partial charge on any atom is 0.352 e. The van der Waals surface area contributed by atoms with Crippen LogP contribution in [0.25, 0.3) is 0 Å². The Morgan fingerprint density at radius 2 is 2.10 bits per heavy atom. The van der Waals surface area contributed by atoms with Gasteiger partial charge in [-0.15, -0.1) is 0 Å². The third-order valence-electron chi connectivity index (χ3n) is 3.15. The first-order valence-corrected chi connectivity index (χ1v) is 7.73. The lowest BCUT2D eigenvalue weighted by Crippen LogP contribution is -2.36. The number of sulfonamides is 1. The summed E-state index contributed by atoms with van der Waals surface area (Å²) in [6.07, 6.45) is 1.29. The number of aromatic carboxylic acids is 1. The van der Waals surface area contributed by atoms with Gasteiger partial charge in [-0.3, -0.25) is 0 Å². The van der Waals surface area contributed by atoms with Crippen molar-refractivity contribution < 1.29 is 18.3 Å². The molecule has 1 rings (SSSR count). The van der Waals surface area contributed by atoms with Gasteiger partial charge < -0.3 is 14.6 Å². The van der Waals surface area contributed by atoms with Crippen LogP contribution in [0.2, 0.25) is 0 Å². The Morgan fingerprint density at radius 1 is 1.50 bits per heavy atom. The molecule has 0 aliphatic carbocycles. The molecule has 20 heavy (non-hydrogen) atoms. The van der Waals surface area contributed by atoms with Crippen molar-refractivity contribution in [1.82, 2.24) is 14.2 Å². The molecule has 0 radical (unpaired) electrons. The minimum absolute atomic E-state index is 0.0374. The molecule has 0 amide bonds. The van der Waals surface area contributed by atoms with Crippen molar-refractivity contribution in [2.75, 3.05) is 20.1 Å². The van der Waals surface area contributed by atoms with E-state index in [0.717, 1.165) is 6.07 Å². The molecule has 0 fully saturated rings. The van der Waals surface area contributed by atoms with Crippen molar-refractivity contribution in [2.45, 2.75) is 24.8 Å². The quantitative estimate of drug-likeness (QED) is 0.758. The number of rotatable bonds is 7. The number of likely N-dealkylation sites (N-methyl/N-ethyl adjacent to an activating group) is 1. The number of aromatic nitrogens is 1. The highest BCUT2D eigenvalue weighted by Crippen LogP contribution is 2.13. The second-order valence-corrected chi connectivity index (χ2v) is 6.72. The maximum absolute atomic E-state index is 12.0. The first kappa shape index (κ1) is 16.7. The van der Waals surface area contributed by atoms with Crippen molar-refractivity contribution in [3.8, 4) is 0 Å². The van der Waals surface area contributed by atoms with Gasteiger partial charge in [0.05, 0.1) is 0 Å². The van der Waals surface area contributed by atoms with Crippen LogP contribution >= 0.6 is 0 Å². The van der Waals surface area contributed by atoms with Gasteiger partial charge in [0.15, 0.2) is 0 Å². The summed E-state index contributed by atoms with van der Waals surface area (Å²) in [6.45, 7) is 4.89. The number of hydrogen-bond donors (Lipinski definition) is 2. The van der Waals surface area contributed by atoms with E-state index < -0.39 is 16.0 Å². The van der Waals surface area contributed by atoms with E-state index in [2.05, 4.69) is 4.72 Å². The van der Waals surface area contributed by atoms with Crippen LogP contribution in [0.3, 0.4) is 0 Å². The number of carboxylic acids is 1. The number of aryl methyl sites for hydroxylation is 1. The summed E-state index contributed by atoms with van der Waals surface area (Å²) in [6, 6.07) is 1.48. The van der Waals surface area contributed by atoms with Crippen molar-refractivity contribution in [1.29, 1.82) is 0 Å². The summed E-state index contributed by atoms with van der Waals surface area (Å²) in [4.78, 5) is 12.9. The molecule has 0 aliphatic rings. The normalized spacial score (nSPS) is 12.3. The van der Waals surface area contributed by atoms with Crippen LogP contribution in [-0.4, -0.2) is 55.1 Å². The molecule has 0 aromatic carbocycles.